The predicted octanol–water partition coefficient (Wildman–Crippen LogP) is 1.02. The van der Waals surface area contributed by atoms with Gasteiger partial charge in [-0.1, -0.05) is 5.16 Å². The molecule has 24 heavy (non-hydrogen) atoms. The molecular formula is C15H24N6O3. The Kier molecular flexibility index (Phi) is 5.42. The van der Waals surface area contributed by atoms with E-state index in [-0.39, 0.29) is 11.9 Å². The van der Waals surface area contributed by atoms with Gasteiger partial charge in [-0.2, -0.15) is 0 Å². The average Bonchev–Trinajstić information content (AvgIpc) is 2.79. The van der Waals surface area contributed by atoms with E-state index >= 15 is 0 Å². The number of amides is 1. The molecule has 0 aromatic carbocycles. The van der Waals surface area contributed by atoms with E-state index < -0.39 is 5.60 Å². The van der Waals surface area contributed by atoms with Gasteiger partial charge < -0.3 is 25.5 Å². The summed E-state index contributed by atoms with van der Waals surface area (Å²) in [5.74, 6) is 0.425. The normalized spacial score (nSPS) is 16.7. The molecule has 0 unspecified atom stereocenters. The summed E-state index contributed by atoms with van der Waals surface area (Å²) in [7, 11) is 0. The van der Waals surface area contributed by atoms with E-state index in [9.17, 15) is 4.79 Å². The number of carbonyl (C=O) groups excluding carboxylic acids is 1. The van der Waals surface area contributed by atoms with Gasteiger partial charge in [-0.05, 0) is 33.3 Å². The maximum Gasteiger partial charge on any atom is 0.410 e. The van der Waals surface area contributed by atoms with E-state index in [0.717, 1.165) is 6.42 Å². The maximum atomic E-state index is 12.2. The molecule has 1 aliphatic heterocycles. The molecule has 1 amide bonds. The van der Waals surface area contributed by atoms with E-state index in [0.29, 0.717) is 37.8 Å². The van der Waals surface area contributed by atoms with Crippen LogP contribution >= 0.6 is 0 Å². The molecule has 0 radical (unpaired) electrons. The molecule has 0 bridgehead atoms. The van der Waals surface area contributed by atoms with E-state index in [1.807, 2.05) is 25.7 Å². The van der Waals surface area contributed by atoms with Gasteiger partial charge in [-0.3, -0.25) is 0 Å². The fraction of sp³-hybridized carbons (Fsp3) is 0.600. The maximum absolute atomic E-state index is 12.2. The van der Waals surface area contributed by atoms with Crippen LogP contribution in [0.3, 0.4) is 0 Å². The summed E-state index contributed by atoms with van der Waals surface area (Å²) in [6.07, 6.45) is 2.03. The van der Waals surface area contributed by atoms with Gasteiger partial charge in [0.05, 0.1) is 0 Å². The Morgan fingerprint density at radius 2 is 2.08 bits per heavy atom. The predicted molar refractivity (Wildman–Crippen MR) is 89.2 cm³/mol. The van der Waals surface area contributed by atoms with Gasteiger partial charge in [-0.25, -0.2) is 14.8 Å². The number of amidine groups is 1. The van der Waals surface area contributed by atoms with Crippen LogP contribution < -0.4 is 10.6 Å². The zero-order chi connectivity index (χ0) is 17.7. The summed E-state index contributed by atoms with van der Waals surface area (Å²) in [6, 6.07) is 1.57. The van der Waals surface area contributed by atoms with Crippen molar-refractivity contribution in [3.8, 4) is 0 Å². The molecular weight excluding hydrogens is 312 g/mol. The van der Waals surface area contributed by atoms with Gasteiger partial charge in [-0.15, -0.1) is 0 Å². The highest BCUT2D eigenvalue weighted by Gasteiger charge is 2.25. The third kappa shape index (κ3) is 4.71. The molecule has 2 rings (SSSR count). The Morgan fingerprint density at radius 3 is 2.75 bits per heavy atom. The van der Waals surface area contributed by atoms with Crippen molar-refractivity contribution in [3.05, 3.63) is 18.0 Å². The van der Waals surface area contributed by atoms with Crippen molar-refractivity contribution in [2.75, 3.05) is 31.1 Å². The van der Waals surface area contributed by atoms with Gasteiger partial charge in [0.1, 0.15) is 11.3 Å². The molecule has 0 spiro atoms. The van der Waals surface area contributed by atoms with Crippen molar-refractivity contribution in [2.45, 2.75) is 32.8 Å². The first-order chi connectivity index (χ1) is 11.3. The van der Waals surface area contributed by atoms with Crippen molar-refractivity contribution in [2.24, 2.45) is 10.9 Å². The third-order valence-corrected chi connectivity index (χ3v) is 3.44. The number of hydrogen-bond donors (Lipinski definition) is 2. The number of anilines is 1. The van der Waals surface area contributed by atoms with Crippen LogP contribution in [-0.4, -0.2) is 63.8 Å². The first-order valence-corrected chi connectivity index (χ1v) is 7.84. The number of ether oxygens (including phenoxy) is 1. The minimum absolute atomic E-state index is 0.0659. The lowest BCUT2D eigenvalue weighted by atomic mass is 10.2. The van der Waals surface area contributed by atoms with E-state index in [2.05, 4.69) is 15.1 Å². The molecule has 1 fully saturated rings. The lowest BCUT2D eigenvalue weighted by Gasteiger charge is -2.26. The van der Waals surface area contributed by atoms with E-state index in [1.165, 1.54) is 0 Å². The number of rotatable bonds is 2. The van der Waals surface area contributed by atoms with Crippen molar-refractivity contribution < 1.29 is 14.7 Å². The molecule has 9 nitrogen and oxygen atoms in total. The van der Waals surface area contributed by atoms with E-state index in [1.54, 1.807) is 17.2 Å². The van der Waals surface area contributed by atoms with Gasteiger partial charge in [0.2, 0.25) is 5.95 Å². The summed E-state index contributed by atoms with van der Waals surface area (Å²) in [6.45, 7) is 7.97. The highest BCUT2D eigenvalue weighted by atomic mass is 16.6. The van der Waals surface area contributed by atoms with Crippen LogP contribution in [0, 0.1) is 0 Å². The monoisotopic (exact) mass is 336 g/mol. The first-order valence-electron chi connectivity index (χ1n) is 7.84. The lowest BCUT2D eigenvalue weighted by molar-refractivity contribution is 0.0263. The van der Waals surface area contributed by atoms with Crippen LogP contribution in [0.5, 0.6) is 0 Å². The molecule has 0 saturated carbocycles. The first kappa shape index (κ1) is 17.8. The SMILES string of the molecule is CC(C)(C)OC(=O)N1CCCN(c2nccc(/C(N)=N/O)n2)CC1. The Morgan fingerprint density at radius 1 is 1.33 bits per heavy atom. The van der Waals surface area contributed by atoms with E-state index in [4.69, 9.17) is 15.7 Å². The number of carbonyl (C=O) groups is 1. The summed E-state index contributed by atoms with van der Waals surface area (Å²) in [4.78, 5) is 24.4. The Bertz CT molecular complexity index is 613. The highest BCUT2D eigenvalue weighted by Crippen LogP contribution is 2.15. The summed E-state index contributed by atoms with van der Waals surface area (Å²) in [5.41, 5.74) is 5.41. The van der Waals surface area contributed by atoms with Crippen molar-refractivity contribution in [1.29, 1.82) is 0 Å². The smallest absolute Gasteiger partial charge is 0.410 e. The molecule has 2 heterocycles. The molecule has 9 heteroatoms. The molecule has 1 saturated heterocycles. The Hall–Kier alpha value is -2.58. The van der Waals surface area contributed by atoms with Gasteiger partial charge in [0, 0.05) is 32.4 Å². The fourth-order valence-electron chi connectivity index (χ4n) is 2.32. The van der Waals surface area contributed by atoms with Crippen LogP contribution in [0.15, 0.2) is 17.4 Å². The molecule has 1 aliphatic rings. The molecule has 0 aliphatic carbocycles. The number of nitrogens with two attached hydrogens (primary N) is 1. The zero-order valence-corrected chi connectivity index (χ0v) is 14.3. The summed E-state index contributed by atoms with van der Waals surface area (Å²) >= 11 is 0. The van der Waals surface area contributed by atoms with Crippen molar-refractivity contribution >= 4 is 17.9 Å². The third-order valence-electron chi connectivity index (χ3n) is 3.44. The van der Waals surface area contributed by atoms with Crippen molar-refractivity contribution in [3.63, 3.8) is 0 Å². The van der Waals surface area contributed by atoms with Crippen LogP contribution in [0.2, 0.25) is 0 Å². The molecule has 1 aromatic heterocycles. The number of nitrogens with zero attached hydrogens (tertiary/aromatic N) is 5. The minimum atomic E-state index is -0.512. The second-order valence-electron chi connectivity index (χ2n) is 6.54. The number of hydrogen-bond acceptors (Lipinski definition) is 7. The number of oxime groups is 1. The van der Waals surface area contributed by atoms with Crippen LogP contribution in [0.4, 0.5) is 10.7 Å². The zero-order valence-electron chi connectivity index (χ0n) is 14.3. The molecule has 132 valence electrons. The van der Waals surface area contributed by atoms with Crippen molar-refractivity contribution in [1.82, 2.24) is 14.9 Å². The number of aromatic nitrogens is 2. The molecule has 1 aromatic rings. The quantitative estimate of drug-likeness (QED) is 0.358. The highest BCUT2D eigenvalue weighted by molar-refractivity contribution is 5.95. The molecule has 3 N–H and O–H groups in total. The Balaban J connectivity index is 2.04. The molecule has 0 atom stereocenters. The average molecular weight is 336 g/mol. The second kappa shape index (κ2) is 7.33. The largest absolute Gasteiger partial charge is 0.444 e. The lowest BCUT2D eigenvalue weighted by Crippen LogP contribution is -2.39. The van der Waals surface area contributed by atoms with Gasteiger partial charge in [0.25, 0.3) is 0 Å². The van der Waals surface area contributed by atoms with Crippen LogP contribution in [0.1, 0.15) is 32.9 Å². The Labute approximate surface area is 141 Å². The van der Waals surface area contributed by atoms with Gasteiger partial charge >= 0.3 is 6.09 Å². The van der Waals surface area contributed by atoms with Crippen LogP contribution in [-0.2, 0) is 4.74 Å². The second-order valence-corrected chi connectivity index (χ2v) is 6.54. The summed E-state index contributed by atoms with van der Waals surface area (Å²) in [5, 5.41) is 11.7. The van der Waals surface area contributed by atoms with Crippen LogP contribution in [0.25, 0.3) is 0 Å². The standard InChI is InChI=1S/C15H24N6O3/c1-15(2,3)24-14(22)21-8-4-7-20(9-10-21)13-17-6-5-11(18-13)12(16)19-23/h5-6,23H,4,7-10H2,1-3H3,(H2,16,19). The fourth-order valence-corrected chi connectivity index (χ4v) is 2.32. The topological polar surface area (TPSA) is 117 Å². The summed E-state index contributed by atoms with van der Waals surface area (Å²) < 4.78 is 5.42. The minimum Gasteiger partial charge on any atom is -0.444 e. The van der Waals surface area contributed by atoms with Gasteiger partial charge in [0.15, 0.2) is 5.84 Å².